The van der Waals surface area contributed by atoms with Crippen molar-refractivity contribution in [1.82, 2.24) is 9.88 Å². The molecule has 4 N–H and O–H groups in total. The van der Waals surface area contributed by atoms with E-state index in [0.29, 0.717) is 53.3 Å². The zero-order chi connectivity index (χ0) is 25.7. The van der Waals surface area contributed by atoms with Crippen molar-refractivity contribution in [3.8, 4) is 11.8 Å². The Balaban J connectivity index is 0.000000229. The van der Waals surface area contributed by atoms with Gasteiger partial charge in [0.05, 0.1) is 16.7 Å². The van der Waals surface area contributed by atoms with Crippen LogP contribution in [0.1, 0.15) is 34.3 Å². The lowest BCUT2D eigenvalue weighted by Gasteiger charge is -2.39. The van der Waals surface area contributed by atoms with Crippen LogP contribution in [0.5, 0.6) is 5.75 Å². The first-order valence-corrected chi connectivity index (χ1v) is 11.8. The predicted octanol–water partition coefficient (Wildman–Crippen LogP) is 4.86. The van der Waals surface area contributed by atoms with E-state index < -0.39 is 5.60 Å². The van der Waals surface area contributed by atoms with Gasteiger partial charge in [-0.2, -0.15) is 5.26 Å². The van der Waals surface area contributed by atoms with Crippen LogP contribution in [0.2, 0.25) is 5.02 Å². The maximum Gasteiger partial charge on any atom is 0.255 e. The number of anilines is 1. The van der Waals surface area contributed by atoms with Crippen LogP contribution in [0.15, 0.2) is 79.0 Å². The van der Waals surface area contributed by atoms with E-state index in [2.05, 4.69) is 4.98 Å². The Kier molecular flexibility index (Phi) is 7.39. The molecule has 0 spiro atoms. The molecule has 1 aliphatic rings. The summed E-state index contributed by atoms with van der Waals surface area (Å²) in [7, 11) is 0. The average molecular weight is 501 g/mol. The van der Waals surface area contributed by atoms with Crippen molar-refractivity contribution < 1.29 is 15.0 Å². The number of halogens is 1. The number of pyridine rings is 1. The molecule has 182 valence electrons. The number of hydrogen-bond donors (Lipinski definition) is 3. The molecule has 3 aromatic carbocycles. The molecule has 0 atom stereocenters. The van der Waals surface area contributed by atoms with E-state index in [4.69, 9.17) is 17.3 Å². The minimum Gasteiger partial charge on any atom is -0.506 e. The Morgan fingerprint density at radius 3 is 2.47 bits per heavy atom. The molecular formula is C28H25ClN4O3. The Bertz CT molecular complexity index is 1440. The number of aromatic nitrogens is 1. The number of likely N-dealkylation sites (tertiary alicyclic amines) is 1. The summed E-state index contributed by atoms with van der Waals surface area (Å²) in [5.41, 5.74) is 7.02. The largest absolute Gasteiger partial charge is 0.506 e. The van der Waals surface area contributed by atoms with Crippen LogP contribution in [-0.2, 0) is 5.60 Å². The summed E-state index contributed by atoms with van der Waals surface area (Å²) in [6.07, 6.45) is 2.45. The van der Waals surface area contributed by atoms with E-state index in [-0.39, 0.29) is 17.2 Å². The molecule has 2 heterocycles. The first-order chi connectivity index (χ1) is 17.3. The number of benzene rings is 3. The number of aromatic hydroxyl groups is 1. The van der Waals surface area contributed by atoms with Gasteiger partial charge in [-0.1, -0.05) is 48.0 Å². The lowest BCUT2D eigenvalue weighted by atomic mass is 9.84. The number of carbonyl (C=O) groups is 1. The monoisotopic (exact) mass is 500 g/mol. The van der Waals surface area contributed by atoms with Crippen LogP contribution >= 0.6 is 11.6 Å². The highest BCUT2D eigenvalue weighted by atomic mass is 35.5. The van der Waals surface area contributed by atoms with Crippen molar-refractivity contribution in [1.29, 1.82) is 5.26 Å². The van der Waals surface area contributed by atoms with Crippen molar-refractivity contribution in [2.45, 2.75) is 18.4 Å². The molecule has 7 nitrogen and oxygen atoms in total. The number of nitrogens with two attached hydrogens (primary N) is 1. The fourth-order valence-electron chi connectivity index (χ4n) is 4.29. The summed E-state index contributed by atoms with van der Waals surface area (Å²) in [6, 6.07) is 23.0. The van der Waals surface area contributed by atoms with E-state index in [1.54, 1.807) is 41.4 Å². The molecule has 1 aromatic heterocycles. The number of aliphatic hydroxyl groups is 1. The first kappa shape index (κ1) is 25.0. The summed E-state index contributed by atoms with van der Waals surface area (Å²) in [5, 5.41) is 31.0. The van der Waals surface area contributed by atoms with Gasteiger partial charge in [-0.25, -0.2) is 0 Å². The molecule has 1 saturated heterocycles. The Morgan fingerprint density at radius 1 is 1.06 bits per heavy atom. The van der Waals surface area contributed by atoms with E-state index in [1.807, 2.05) is 42.5 Å². The van der Waals surface area contributed by atoms with E-state index in [9.17, 15) is 20.3 Å². The number of amides is 1. The maximum absolute atomic E-state index is 12.7. The van der Waals surface area contributed by atoms with Crippen LogP contribution in [0, 0.1) is 11.3 Å². The molecule has 0 saturated carbocycles. The number of hydrogen-bond acceptors (Lipinski definition) is 6. The highest BCUT2D eigenvalue weighted by molar-refractivity contribution is 6.31. The van der Waals surface area contributed by atoms with Crippen LogP contribution < -0.4 is 5.73 Å². The lowest BCUT2D eigenvalue weighted by Crippen LogP contribution is -2.45. The van der Waals surface area contributed by atoms with Crippen molar-refractivity contribution in [2.24, 2.45) is 0 Å². The average Bonchev–Trinajstić information content (AvgIpc) is 2.89. The maximum atomic E-state index is 12.7. The fourth-order valence-corrected chi connectivity index (χ4v) is 4.60. The van der Waals surface area contributed by atoms with Crippen LogP contribution in [-0.4, -0.2) is 39.1 Å². The van der Waals surface area contributed by atoms with E-state index >= 15 is 0 Å². The number of fused-ring (bicyclic) bond motifs is 1. The third-order valence-corrected chi connectivity index (χ3v) is 6.59. The third-order valence-electron chi connectivity index (χ3n) is 6.26. The standard InChI is InChI=1S/C19H18ClN3O2.C9H7NO/c20-17-4-2-1-3-16(17)19(25)7-9-23(10-8-19)18(24)15-6-5-14(22)11-13(15)12-21;11-8-5-1-3-7-4-2-6-10-9(7)8/h1-6,11,25H,7-10,22H2;1-6,11H. The molecule has 0 aliphatic carbocycles. The highest BCUT2D eigenvalue weighted by Crippen LogP contribution is 2.37. The zero-order valence-corrected chi connectivity index (χ0v) is 20.2. The second-order valence-electron chi connectivity index (χ2n) is 8.57. The third kappa shape index (κ3) is 5.25. The molecule has 0 unspecified atom stereocenters. The van der Waals surface area contributed by atoms with Gasteiger partial charge in [0, 0.05) is 40.9 Å². The normalized spacial score (nSPS) is 14.4. The van der Waals surface area contributed by atoms with Gasteiger partial charge in [-0.3, -0.25) is 9.78 Å². The number of carbonyl (C=O) groups excluding carboxylic acids is 1. The molecule has 1 aliphatic heterocycles. The minimum absolute atomic E-state index is 0.224. The number of para-hydroxylation sites is 1. The number of piperidine rings is 1. The van der Waals surface area contributed by atoms with Crippen LogP contribution in [0.4, 0.5) is 5.69 Å². The SMILES string of the molecule is N#Cc1cc(N)ccc1C(=O)N1CCC(O)(c2ccccc2Cl)CC1.Oc1cccc2cccnc12. The van der Waals surface area contributed by atoms with Gasteiger partial charge in [-0.15, -0.1) is 0 Å². The summed E-state index contributed by atoms with van der Waals surface area (Å²) in [4.78, 5) is 18.4. The number of nitrogen functional groups attached to an aromatic ring is 1. The van der Waals surface area contributed by atoms with Gasteiger partial charge in [0.2, 0.25) is 0 Å². The molecule has 0 radical (unpaired) electrons. The van der Waals surface area contributed by atoms with Gasteiger partial charge in [0.15, 0.2) is 0 Å². The number of phenolic OH excluding ortho intramolecular Hbond substituents is 1. The van der Waals surface area contributed by atoms with E-state index in [1.165, 1.54) is 6.07 Å². The van der Waals surface area contributed by atoms with Crippen molar-refractivity contribution in [3.05, 3.63) is 101 Å². The van der Waals surface area contributed by atoms with Crippen molar-refractivity contribution in [2.75, 3.05) is 18.8 Å². The second kappa shape index (κ2) is 10.6. The Hall–Kier alpha value is -4.12. The number of nitriles is 1. The minimum atomic E-state index is -1.05. The zero-order valence-electron chi connectivity index (χ0n) is 19.4. The molecule has 1 fully saturated rings. The number of rotatable bonds is 2. The topological polar surface area (TPSA) is 123 Å². The van der Waals surface area contributed by atoms with Gasteiger partial charge in [-0.05, 0) is 49.2 Å². The van der Waals surface area contributed by atoms with Crippen molar-refractivity contribution >= 4 is 34.1 Å². The summed E-state index contributed by atoms with van der Waals surface area (Å²) < 4.78 is 0. The second-order valence-corrected chi connectivity index (χ2v) is 8.98. The predicted molar refractivity (Wildman–Crippen MR) is 139 cm³/mol. The molecule has 1 amide bonds. The van der Waals surface area contributed by atoms with Gasteiger partial charge in [0.25, 0.3) is 5.91 Å². The summed E-state index contributed by atoms with van der Waals surface area (Å²) >= 11 is 6.21. The molecule has 0 bridgehead atoms. The summed E-state index contributed by atoms with van der Waals surface area (Å²) in [5.74, 6) is 0.0147. The molecule has 8 heteroatoms. The fraction of sp³-hybridized carbons (Fsp3) is 0.179. The number of phenols is 1. The molecule has 5 rings (SSSR count). The Morgan fingerprint density at radius 2 is 1.78 bits per heavy atom. The number of nitrogens with zero attached hydrogens (tertiary/aromatic N) is 3. The quantitative estimate of drug-likeness (QED) is 0.338. The smallest absolute Gasteiger partial charge is 0.255 e. The Labute approximate surface area is 214 Å². The van der Waals surface area contributed by atoms with Crippen LogP contribution in [0.3, 0.4) is 0 Å². The molecule has 36 heavy (non-hydrogen) atoms. The molecular weight excluding hydrogens is 476 g/mol. The first-order valence-electron chi connectivity index (χ1n) is 11.4. The lowest BCUT2D eigenvalue weighted by molar-refractivity contribution is -0.0210. The highest BCUT2D eigenvalue weighted by Gasteiger charge is 2.37. The van der Waals surface area contributed by atoms with E-state index in [0.717, 1.165) is 5.39 Å². The van der Waals surface area contributed by atoms with Gasteiger partial charge >= 0.3 is 0 Å². The van der Waals surface area contributed by atoms with Gasteiger partial charge in [0.1, 0.15) is 17.3 Å². The van der Waals surface area contributed by atoms with Gasteiger partial charge < -0.3 is 20.8 Å². The van der Waals surface area contributed by atoms with Crippen LogP contribution in [0.25, 0.3) is 10.9 Å². The van der Waals surface area contributed by atoms with Crippen molar-refractivity contribution in [3.63, 3.8) is 0 Å². The molecule has 4 aromatic rings. The summed E-state index contributed by atoms with van der Waals surface area (Å²) in [6.45, 7) is 0.769.